The molecular formula is C40H42F2N4O3. The number of ether oxygens (including phenoxy) is 1. The third-order valence-electron chi connectivity index (χ3n) is 9.65. The summed E-state index contributed by atoms with van der Waals surface area (Å²) >= 11 is 0. The van der Waals surface area contributed by atoms with Crippen molar-refractivity contribution in [1.29, 1.82) is 0 Å². The zero-order valence-electron chi connectivity index (χ0n) is 28.2. The Balaban J connectivity index is 1.12. The van der Waals surface area contributed by atoms with Gasteiger partial charge in [0.2, 0.25) is 5.78 Å². The number of para-hydroxylation sites is 2. The van der Waals surface area contributed by atoms with Crippen molar-refractivity contribution in [2.24, 2.45) is 5.92 Å². The molecule has 0 saturated carbocycles. The van der Waals surface area contributed by atoms with Crippen LogP contribution in [0.4, 0.5) is 8.78 Å². The zero-order valence-corrected chi connectivity index (χ0v) is 28.2. The molecule has 6 rings (SSSR count). The van der Waals surface area contributed by atoms with Crippen LogP contribution in [0.1, 0.15) is 62.8 Å². The van der Waals surface area contributed by atoms with E-state index in [1.54, 1.807) is 43.3 Å². The molecule has 0 N–H and O–H groups in total. The molecule has 7 nitrogen and oxygen atoms in total. The first-order chi connectivity index (χ1) is 23.7. The van der Waals surface area contributed by atoms with Gasteiger partial charge in [-0.05, 0) is 105 Å². The Kier molecular flexibility index (Phi) is 10.5. The van der Waals surface area contributed by atoms with E-state index in [4.69, 9.17) is 9.72 Å². The van der Waals surface area contributed by atoms with Crippen molar-refractivity contribution in [2.75, 3.05) is 40.3 Å². The molecule has 2 heterocycles. The number of hydrogen-bond acceptors (Lipinski definition) is 5. The number of amides is 1. The summed E-state index contributed by atoms with van der Waals surface area (Å²) in [7, 11) is 3.35. The molecule has 1 aliphatic heterocycles. The van der Waals surface area contributed by atoms with Gasteiger partial charge in [0.25, 0.3) is 5.91 Å². The quantitative estimate of drug-likeness (QED) is 0.129. The molecule has 0 bridgehead atoms. The van der Waals surface area contributed by atoms with Gasteiger partial charge in [-0.25, -0.2) is 13.8 Å². The number of carbonyl (C=O) groups excluding carboxylic acids is 2. The molecular weight excluding hydrogens is 622 g/mol. The molecule has 0 aliphatic carbocycles. The fourth-order valence-corrected chi connectivity index (χ4v) is 6.84. The number of imidazole rings is 1. The molecule has 1 atom stereocenters. The zero-order chi connectivity index (χ0) is 34.5. The largest absolute Gasteiger partial charge is 0.496 e. The number of halogens is 2. The van der Waals surface area contributed by atoms with Crippen LogP contribution < -0.4 is 4.74 Å². The van der Waals surface area contributed by atoms with Crippen LogP contribution in [-0.4, -0.2) is 71.4 Å². The maximum Gasteiger partial charge on any atom is 0.257 e. The fourth-order valence-electron chi connectivity index (χ4n) is 6.84. The summed E-state index contributed by atoms with van der Waals surface area (Å²) in [5, 5.41) is 0. The average molecular weight is 665 g/mol. The summed E-state index contributed by atoms with van der Waals surface area (Å²) in [5.74, 6) is 0.120. The van der Waals surface area contributed by atoms with Gasteiger partial charge in [0.05, 0.1) is 23.7 Å². The van der Waals surface area contributed by atoms with Gasteiger partial charge in [0.15, 0.2) is 5.82 Å². The third-order valence-corrected chi connectivity index (χ3v) is 9.65. The Bertz CT molecular complexity index is 1910. The minimum Gasteiger partial charge on any atom is -0.496 e. The van der Waals surface area contributed by atoms with Crippen molar-refractivity contribution in [2.45, 2.75) is 38.6 Å². The Morgan fingerprint density at radius 1 is 0.939 bits per heavy atom. The number of hydrogen-bond donors (Lipinski definition) is 0. The van der Waals surface area contributed by atoms with Crippen molar-refractivity contribution < 1.29 is 23.1 Å². The summed E-state index contributed by atoms with van der Waals surface area (Å²) < 4.78 is 34.9. The smallest absolute Gasteiger partial charge is 0.257 e. The van der Waals surface area contributed by atoms with Crippen LogP contribution in [0.5, 0.6) is 5.75 Å². The van der Waals surface area contributed by atoms with E-state index < -0.39 is 0 Å². The predicted molar refractivity (Wildman–Crippen MR) is 187 cm³/mol. The molecule has 1 unspecified atom stereocenters. The van der Waals surface area contributed by atoms with Crippen molar-refractivity contribution >= 4 is 22.7 Å². The van der Waals surface area contributed by atoms with Gasteiger partial charge >= 0.3 is 0 Å². The summed E-state index contributed by atoms with van der Waals surface area (Å²) in [6.07, 6.45) is 2.19. The minimum atomic E-state index is -0.297. The first-order valence-corrected chi connectivity index (χ1v) is 16.8. The van der Waals surface area contributed by atoms with E-state index in [9.17, 15) is 18.4 Å². The van der Waals surface area contributed by atoms with E-state index >= 15 is 0 Å². The number of rotatable bonds is 12. The van der Waals surface area contributed by atoms with Crippen LogP contribution in [0, 0.1) is 24.5 Å². The lowest BCUT2D eigenvalue weighted by Crippen LogP contribution is -2.39. The normalized spacial score (nSPS) is 14.6. The lowest BCUT2D eigenvalue weighted by Gasteiger charge is -2.33. The molecule has 1 amide bonds. The number of aryl methyl sites for hydroxylation is 1. The molecule has 1 aliphatic rings. The molecule has 1 saturated heterocycles. The maximum atomic E-state index is 13.9. The van der Waals surface area contributed by atoms with Crippen LogP contribution in [0.3, 0.4) is 0 Å². The van der Waals surface area contributed by atoms with E-state index in [1.807, 2.05) is 54.0 Å². The second-order valence-corrected chi connectivity index (χ2v) is 13.0. The van der Waals surface area contributed by atoms with Gasteiger partial charge in [-0.15, -0.1) is 0 Å². The molecule has 5 aromatic rings. The van der Waals surface area contributed by atoms with Crippen molar-refractivity contribution in [3.63, 3.8) is 0 Å². The molecule has 1 aromatic heterocycles. The van der Waals surface area contributed by atoms with Gasteiger partial charge in [0, 0.05) is 32.0 Å². The maximum absolute atomic E-state index is 13.9. The Hall–Kier alpha value is -4.89. The third kappa shape index (κ3) is 7.89. The number of nitrogens with zero attached hydrogens (tertiary/aromatic N) is 4. The lowest BCUT2D eigenvalue weighted by atomic mass is 9.90. The number of likely N-dealkylation sites (tertiary alicyclic amines) is 1. The Morgan fingerprint density at radius 3 is 2.31 bits per heavy atom. The standard InChI is InChI=1S/C40H42F2N4O3/c1-27-8-17-37(49-3)34(24-27)40(48)44(2)26-31(29-11-15-33(42)16-12-29)20-23-45-21-18-30(19-22-45)38(47)39-43-35-6-4-5-7-36(35)46(39)25-28-9-13-32(41)14-10-28/h4-17,24,30-31H,18-23,25-26H2,1-3H3. The first kappa shape index (κ1) is 34.0. The summed E-state index contributed by atoms with van der Waals surface area (Å²) in [6, 6.07) is 26.2. The number of Topliss-reactive ketones (excluding diaryl/α,β-unsaturated/α-hetero) is 1. The van der Waals surface area contributed by atoms with E-state index in [2.05, 4.69) is 4.90 Å². The first-order valence-electron chi connectivity index (χ1n) is 16.8. The molecule has 9 heteroatoms. The number of aromatic nitrogens is 2. The topological polar surface area (TPSA) is 67.7 Å². The highest BCUT2D eigenvalue weighted by atomic mass is 19.1. The van der Waals surface area contributed by atoms with Crippen LogP contribution in [0.15, 0.2) is 91.0 Å². The Morgan fingerprint density at radius 2 is 1.61 bits per heavy atom. The summed E-state index contributed by atoms with van der Waals surface area (Å²) in [4.78, 5) is 36.3. The second-order valence-electron chi connectivity index (χ2n) is 13.0. The van der Waals surface area contributed by atoms with Gasteiger partial charge < -0.3 is 19.1 Å². The number of piperidine rings is 1. The van der Waals surface area contributed by atoms with E-state index in [0.717, 1.165) is 53.8 Å². The molecule has 0 radical (unpaired) electrons. The number of likely N-dealkylation sites (N-methyl/N-ethyl adjacent to an activating group) is 1. The number of ketones is 1. The van der Waals surface area contributed by atoms with Crippen molar-refractivity contribution in [1.82, 2.24) is 19.4 Å². The molecule has 49 heavy (non-hydrogen) atoms. The number of fused-ring (bicyclic) bond motifs is 1. The second kappa shape index (κ2) is 15.1. The van der Waals surface area contributed by atoms with Gasteiger partial charge in [0.1, 0.15) is 17.4 Å². The Labute approximate surface area is 286 Å². The van der Waals surface area contributed by atoms with E-state index in [0.29, 0.717) is 43.1 Å². The van der Waals surface area contributed by atoms with E-state index in [1.165, 1.54) is 24.3 Å². The van der Waals surface area contributed by atoms with Crippen LogP contribution in [0.2, 0.25) is 0 Å². The summed E-state index contributed by atoms with van der Waals surface area (Å²) in [6.45, 7) is 5.14. The minimum absolute atomic E-state index is 0.0175. The van der Waals surface area contributed by atoms with Crippen molar-refractivity contribution in [3.05, 3.63) is 131 Å². The van der Waals surface area contributed by atoms with Gasteiger partial charge in [-0.1, -0.05) is 48.0 Å². The fraction of sp³-hybridized carbons (Fsp3) is 0.325. The number of benzene rings is 4. The molecule has 254 valence electrons. The van der Waals surface area contributed by atoms with Crippen LogP contribution >= 0.6 is 0 Å². The van der Waals surface area contributed by atoms with Crippen LogP contribution in [-0.2, 0) is 6.54 Å². The molecule has 0 spiro atoms. The molecule has 4 aromatic carbocycles. The highest BCUT2D eigenvalue weighted by molar-refractivity contribution is 5.98. The average Bonchev–Trinajstić information content (AvgIpc) is 3.49. The predicted octanol–water partition coefficient (Wildman–Crippen LogP) is 7.52. The van der Waals surface area contributed by atoms with Crippen molar-refractivity contribution in [3.8, 4) is 5.75 Å². The monoisotopic (exact) mass is 664 g/mol. The number of carbonyl (C=O) groups is 2. The van der Waals surface area contributed by atoms with Gasteiger partial charge in [-0.2, -0.15) is 0 Å². The number of methoxy groups -OCH3 is 1. The summed E-state index contributed by atoms with van der Waals surface area (Å²) in [5.41, 5.74) is 5.00. The SMILES string of the molecule is COc1ccc(C)cc1C(=O)N(C)CC(CCN1CCC(C(=O)c2nc3ccccc3n2Cc2ccc(F)cc2)CC1)c1ccc(F)cc1. The van der Waals surface area contributed by atoms with Gasteiger partial charge in [-0.3, -0.25) is 9.59 Å². The van der Waals surface area contributed by atoms with E-state index in [-0.39, 0.29) is 35.2 Å². The van der Waals surface area contributed by atoms with Crippen LogP contribution in [0.25, 0.3) is 11.0 Å². The lowest BCUT2D eigenvalue weighted by molar-refractivity contribution is 0.0776. The molecule has 1 fully saturated rings. The highest BCUT2D eigenvalue weighted by Gasteiger charge is 2.30. The highest BCUT2D eigenvalue weighted by Crippen LogP contribution is 2.29.